The summed E-state index contributed by atoms with van der Waals surface area (Å²) in [5.74, 6) is -0.425. The molecule has 0 radical (unpaired) electrons. The third-order valence-corrected chi connectivity index (χ3v) is 4.44. The van der Waals surface area contributed by atoms with E-state index in [0.29, 0.717) is 18.6 Å². The van der Waals surface area contributed by atoms with Gasteiger partial charge in [-0.2, -0.15) is 0 Å². The number of carboxylic acid groups (broad SMARTS) is 1. The van der Waals surface area contributed by atoms with E-state index in [1.165, 1.54) is 0 Å². The predicted octanol–water partition coefficient (Wildman–Crippen LogP) is 4.70. The third kappa shape index (κ3) is 3.44. The van der Waals surface area contributed by atoms with Crippen LogP contribution < -0.4 is 0 Å². The second-order valence-electron chi connectivity index (χ2n) is 7.90. The minimum absolute atomic E-state index is 0.0594. The van der Waals surface area contributed by atoms with Gasteiger partial charge in [0.1, 0.15) is 5.76 Å². The smallest absolute Gasteiger partial charge is 0.303 e. The lowest BCUT2D eigenvalue weighted by Crippen LogP contribution is -2.37. The van der Waals surface area contributed by atoms with Crippen LogP contribution in [0.1, 0.15) is 60.8 Å². The minimum Gasteiger partial charge on any atom is -0.508 e. The van der Waals surface area contributed by atoms with Crippen molar-refractivity contribution in [3.63, 3.8) is 0 Å². The monoisotopic (exact) mass is 280 g/mol. The molecular formula is C17H28O3. The first-order valence-electron chi connectivity index (χ1n) is 7.24. The average molecular weight is 280 g/mol. The van der Waals surface area contributed by atoms with Gasteiger partial charge in [0.15, 0.2) is 0 Å². The van der Waals surface area contributed by atoms with Gasteiger partial charge >= 0.3 is 5.97 Å². The summed E-state index contributed by atoms with van der Waals surface area (Å²) in [5, 5.41) is 19.2. The van der Waals surface area contributed by atoms with Crippen LogP contribution in [0.25, 0.3) is 0 Å². The van der Waals surface area contributed by atoms with Gasteiger partial charge in [-0.15, -0.1) is 0 Å². The zero-order chi connectivity index (χ0) is 15.8. The summed E-state index contributed by atoms with van der Waals surface area (Å²) in [6.45, 7) is 12.6. The summed E-state index contributed by atoms with van der Waals surface area (Å²) in [7, 11) is 0. The zero-order valence-electron chi connectivity index (χ0n) is 13.6. The number of carboxylic acids is 1. The maximum atomic E-state index is 11.0. The Labute approximate surface area is 122 Å². The van der Waals surface area contributed by atoms with Crippen molar-refractivity contribution in [2.24, 2.45) is 16.2 Å². The number of aliphatic hydroxyl groups is 1. The molecule has 0 saturated carbocycles. The van der Waals surface area contributed by atoms with Crippen LogP contribution in [0.2, 0.25) is 0 Å². The summed E-state index contributed by atoms with van der Waals surface area (Å²) in [5.41, 5.74) is 0.487. The highest BCUT2D eigenvalue weighted by Gasteiger charge is 2.43. The Morgan fingerprint density at radius 3 is 2.20 bits per heavy atom. The summed E-state index contributed by atoms with van der Waals surface area (Å²) >= 11 is 0. The largest absolute Gasteiger partial charge is 0.508 e. The molecule has 2 N–H and O–H groups in total. The van der Waals surface area contributed by atoms with E-state index in [0.717, 1.165) is 5.57 Å². The highest BCUT2D eigenvalue weighted by atomic mass is 16.4. The van der Waals surface area contributed by atoms with Crippen molar-refractivity contribution in [1.82, 2.24) is 0 Å². The lowest BCUT2D eigenvalue weighted by molar-refractivity contribution is -0.137. The second kappa shape index (κ2) is 5.27. The maximum absolute atomic E-state index is 11.0. The van der Waals surface area contributed by atoms with Crippen molar-refractivity contribution in [3.05, 3.63) is 23.5 Å². The van der Waals surface area contributed by atoms with E-state index in [-0.39, 0.29) is 22.7 Å². The summed E-state index contributed by atoms with van der Waals surface area (Å²) in [6.07, 6.45) is 5.42. The van der Waals surface area contributed by atoms with E-state index in [4.69, 9.17) is 5.11 Å². The molecule has 114 valence electrons. The van der Waals surface area contributed by atoms with Crippen LogP contribution in [0.15, 0.2) is 23.5 Å². The fraction of sp³-hybridized carbons (Fsp3) is 0.706. The summed E-state index contributed by atoms with van der Waals surface area (Å²) in [6, 6.07) is 0. The number of hydrogen-bond donors (Lipinski definition) is 2. The van der Waals surface area contributed by atoms with Gasteiger partial charge in [0.05, 0.1) is 0 Å². The van der Waals surface area contributed by atoms with Crippen molar-refractivity contribution in [2.75, 3.05) is 0 Å². The van der Waals surface area contributed by atoms with Crippen LogP contribution >= 0.6 is 0 Å². The topological polar surface area (TPSA) is 57.5 Å². The Kier molecular flexibility index (Phi) is 4.42. The quantitative estimate of drug-likeness (QED) is 0.787. The van der Waals surface area contributed by atoms with E-state index < -0.39 is 5.97 Å². The maximum Gasteiger partial charge on any atom is 0.303 e. The van der Waals surface area contributed by atoms with Crippen LogP contribution in [-0.4, -0.2) is 16.2 Å². The van der Waals surface area contributed by atoms with E-state index in [1.807, 2.05) is 6.08 Å². The molecule has 0 heterocycles. The van der Waals surface area contributed by atoms with Gasteiger partial charge in [-0.3, -0.25) is 4.79 Å². The van der Waals surface area contributed by atoms with E-state index >= 15 is 0 Å². The van der Waals surface area contributed by atoms with Crippen LogP contribution in [0.3, 0.4) is 0 Å². The van der Waals surface area contributed by atoms with Gasteiger partial charge in [0.2, 0.25) is 0 Å². The Morgan fingerprint density at radius 1 is 1.25 bits per heavy atom. The lowest BCUT2D eigenvalue weighted by atomic mass is 9.59. The first-order valence-corrected chi connectivity index (χ1v) is 7.24. The summed E-state index contributed by atoms with van der Waals surface area (Å²) < 4.78 is 0. The molecule has 1 atom stereocenters. The Morgan fingerprint density at radius 2 is 1.80 bits per heavy atom. The molecule has 1 unspecified atom stereocenters. The van der Waals surface area contributed by atoms with Crippen LogP contribution in [0.5, 0.6) is 0 Å². The lowest BCUT2D eigenvalue weighted by Gasteiger charge is -2.46. The van der Waals surface area contributed by atoms with Gasteiger partial charge in [0.25, 0.3) is 0 Å². The molecule has 1 rings (SSSR count). The van der Waals surface area contributed by atoms with Crippen LogP contribution in [-0.2, 0) is 4.79 Å². The Hall–Kier alpha value is -1.25. The number of hydrogen-bond acceptors (Lipinski definition) is 2. The molecule has 0 aromatic heterocycles. The molecule has 1 aliphatic rings. The van der Waals surface area contributed by atoms with Crippen LogP contribution in [0.4, 0.5) is 0 Å². The molecule has 3 heteroatoms. The Balaban J connectivity index is 3.27. The molecule has 3 nitrogen and oxygen atoms in total. The molecular weight excluding hydrogens is 252 g/mol. The van der Waals surface area contributed by atoms with Gasteiger partial charge in [0, 0.05) is 6.42 Å². The molecule has 0 amide bonds. The van der Waals surface area contributed by atoms with Crippen LogP contribution in [0, 0.1) is 16.2 Å². The van der Waals surface area contributed by atoms with Gasteiger partial charge < -0.3 is 10.2 Å². The predicted molar refractivity (Wildman–Crippen MR) is 81.6 cm³/mol. The van der Waals surface area contributed by atoms with Crippen molar-refractivity contribution >= 4 is 5.97 Å². The molecule has 0 aromatic carbocycles. The van der Waals surface area contributed by atoms with Gasteiger partial charge in [-0.1, -0.05) is 47.6 Å². The molecule has 0 aliphatic heterocycles. The van der Waals surface area contributed by atoms with Crippen molar-refractivity contribution in [3.8, 4) is 0 Å². The number of aliphatic hydroxyl groups excluding tert-OH is 1. The minimum atomic E-state index is -0.766. The number of allylic oxidation sites excluding steroid dienone is 3. The molecule has 0 aromatic rings. The number of carbonyl (C=O) groups is 1. The first kappa shape index (κ1) is 16.8. The van der Waals surface area contributed by atoms with E-state index in [1.54, 1.807) is 0 Å². The highest BCUT2D eigenvalue weighted by molar-refractivity contribution is 5.66. The molecule has 0 fully saturated rings. The van der Waals surface area contributed by atoms with Crippen molar-refractivity contribution in [2.45, 2.75) is 60.8 Å². The zero-order valence-corrected chi connectivity index (χ0v) is 13.6. The fourth-order valence-electron chi connectivity index (χ4n) is 2.80. The SMILES string of the molecule is CC(C)(C)C1=CC(CCC(=O)O)(C(C)(C)C)CC=C1O. The van der Waals surface area contributed by atoms with E-state index in [9.17, 15) is 9.90 Å². The summed E-state index contributed by atoms with van der Waals surface area (Å²) in [4.78, 5) is 11.0. The normalized spacial score (nSPS) is 24.1. The molecule has 20 heavy (non-hydrogen) atoms. The first-order chi connectivity index (χ1) is 8.89. The Bertz CT molecular complexity index is 444. The third-order valence-electron chi connectivity index (χ3n) is 4.44. The molecule has 1 aliphatic carbocycles. The highest BCUT2D eigenvalue weighted by Crippen LogP contribution is 2.52. The standard InChI is InChI=1S/C17H28O3/c1-15(2,3)12-11-17(16(4,5)6,9-7-13(12)18)10-8-14(19)20/h7,11,18H,8-10H2,1-6H3,(H,19,20). The van der Waals surface area contributed by atoms with E-state index in [2.05, 4.69) is 47.6 Å². The number of aliphatic carboxylic acids is 1. The van der Waals surface area contributed by atoms with Crippen molar-refractivity contribution in [1.29, 1.82) is 0 Å². The average Bonchev–Trinajstić information content (AvgIpc) is 2.24. The molecule has 0 bridgehead atoms. The fourth-order valence-corrected chi connectivity index (χ4v) is 2.80. The van der Waals surface area contributed by atoms with Gasteiger partial charge in [-0.05, 0) is 40.7 Å². The second-order valence-corrected chi connectivity index (χ2v) is 7.90. The molecule has 0 spiro atoms. The number of rotatable bonds is 3. The van der Waals surface area contributed by atoms with Gasteiger partial charge in [-0.25, -0.2) is 0 Å². The van der Waals surface area contributed by atoms with Crippen molar-refractivity contribution < 1.29 is 15.0 Å². The molecule has 0 saturated heterocycles.